The second-order valence-corrected chi connectivity index (χ2v) is 9.88. The Hall–Kier alpha value is -0.700. The summed E-state index contributed by atoms with van der Waals surface area (Å²) in [5.41, 5.74) is -0.0183. The summed E-state index contributed by atoms with van der Waals surface area (Å²) in [7, 11) is -0.718. The van der Waals surface area contributed by atoms with Gasteiger partial charge in [-0.1, -0.05) is 18.5 Å². The van der Waals surface area contributed by atoms with E-state index in [-0.39, 0.29) is 25.7 Å². The van der Waals surface area contributed by atoms with Crippen LogP contribution in [0.2, 0.25) is 5.02 Å². The number of ether oxygens (including phenoxy) is 4. The molecule has 0 spiro atoms. The maximum Gasteiger partial charge on any atom is 0.475 e. The smallest absolute Gasteiger partial charge is 0.475 e. The first-order valence-corrected chi connectivity index (χ1v) is 12.0. The summed E-state index contributed by atoms with van der Waals surface area (Å²) < 4.78 is 51.1. The number of halogens is 1. The lowest BCUT2D eigenvalue weighted by atomic mass is 10.2. The van der Waals surface area contributed by atoms with E-state index >= 15 is 0 Å². The number of benzene rings is 1. The molecule has 0 heterocycles. The molecule has 2 atom stereocenters. The van der Waals surface area contributed by atoms with Gasteiger partial charge in [0.2, 0.25) is 0 Å². The van der Waals surface area contributed by atoms with Crippen molar-refractivity contribution in [3.05, 3.63) is 28.8 Å². The van der Waals surface area contributed by atoms with Crippen LogP contribution in [-0.4, -0.2) is 52.9 Å². The number of hydrogen-bond acceptors (Lipinski definition) is 8. The fourth-order valence-electron chi connectivity index (χ4n) is 2.46. The number of methoxy groups -OCH3 is 2. The molecule has 0 amide bonds. The average molecular weight is 483 g/mol. The molecule has 0 aliphatic heterocycles. The molecule has 1 rings (SSSR count). The maximum absolute atomic E-state index is 13.0. The number of phosphoric ester groups is 1. The van der Waals surface area contributed by atoms with E-state index in [0.717, 1.165) is 0 Å². The van der Waals surface area contributed by atoms with E-state index in [0.29, 0.717) is 29.5 Å². The summed E-state index contributed by atoms with van der Waals surface area (Å²) in [5.74, 6) is 0.571. The van der Waals surface area contributed by atoms with Crippen LogP contribution in [0.25, 0.3) is 0 Å². The second-order valence-electron chi connectivity index (χ2n) is 7.88. The maximum atomic E-state index is 13.0. The highest BCUT2D eigenvalue weighted by Gasteiger charge is 2.33. The standard InChI is InChI=1S/C21H36ClO8P/c1-8-26-14-16(2)15-29-31(23,30-21(3,4)5)28-12-11-27-17-9-10-18(19(22)13-17)20(24-6)25-7/h9-10,13,16,20H,8,11-12,14-15H2,1-7H3. The van der Waals surface area contributed by atoms with Gasteiger partial charge in [-0.05, 0) is 45.9 Å². The molecule has 0 aromatic heterocycles. The van der Waals surface area contributed by atoms with Gasteiger partial charge < -0.3 is 18.9 Å². The zero-order chi connectivity index (χ0) is 23.5. The molecule has 0 saturated carbocycles. The topological polar surface area (TPSA) is 81.7 Å². The first-order chi connectivity index (χ1) is 14.5. The Bertz CT molecular complexity index is 690. The van der Waals surface area contributed by atoms with Crippen molar-refractivity contribution in [3.63, 3.8) is 0 Å². The van der Waals surface area contributed by atoms with E-state index in [4.69, 9.17) is 44.1 Å². The van der Waals surface area contributed by atoms with Crippen molar-refractivity contribution in [3.8, 4) is 5.75 Å². The van der Waals surface area contributed by atoms with Crippen molar-refractivity contribution in [1.82, 2.24) is 0 Å². The predicted molar refractivity (Wildman–Crippen MR) is 120 cm³/mol. The van der Waals surface area contributed by atoms with Gasteiger partial charge in [-0.3, -0.25) is 13.6 Å². The fraction of sp³-hybridized carbons (Fsp3) is 0.714. The Kier molecular flexibility index (Phi) is 12.6. The molecule has 1 aromatic rings. The highest BCUT2D eigenvalue weighted by molar-refractivity contribution is 7.48. The van der Waals surface area contributed by atoms with Crippen molar-refractivity contribution < 1.29 is 37.1 Å². The van der Waals surface area contributed by atoms with Gasteiger partial charge in [-0.25, -0.2) is 4.57 Å². The van der Waals surface area contributed by atoms with Crippen molar-refractivity contribution in [2.75, 3.05) is 47.3 Å². The molecule has 1 aromatic carbocycles. The SMILES string of the molecule is CCOCC(C)COP(=O)(OCCOc1ccc(C(OC)OC)c(Cl)c1)OC(C)(C)C. The van der Waals surface area contributed by atoms with Gasteiger partial charge in [-0.2, -0.15) is 0 Å². The molecule has 0 aliphatic rings. The quantitative estimate of drug-likeness (QED) is 0.180. The van der Waals surface area contributed by atoms with Crippen molar-refractivity contribution in [1.29, 1.82) is 0 Å². The summed E-state index contributed by atoms with van der Waals surface area (Å²) in [6.07, 6.45) is -0.562. The Morgan fingerprint density at radius 3 is 2.29 bits per heavy atom. The molecule has 31 heavy (non-hydrogen) atoms. The molecule has 0 N–H and O–H groups in total. The van der Waals surface area contributed by atoms with Crippen LogP contribution >= 0.6 is 19.4 Å². The predicted octanol–water partition coefficient (Wildman–Crippen LogP) is 5.64. The van der Waals surface area contributed by atoms with Crippen molar-refractivity contribution in [2.24, 2.45) is 5.92 Å². The number of hydrogen-bond donors (Lipinski definition) is 0. The second kappa shape index (κ2) is 13.8. The lowest BCUT2D eigenvalue weighted by Gasteiger charge is -2.27. The third-order valence-electron chi connectivity index (χ3n) is 3.76. The lowest BCUT2D eigenvalue weighted by molar-refractivity contribution is -0.105. The first-order valence-electron chi connectivity index (χ1n) is 10.2. The number of phosphoric acid groups is 1. The van der Waals surface area contributed by atoms with Crippen LogP contribution in [0.5, 0.6) is 5.75 Å². The lowest BCUT2D eigenvalue weighted by Crippen LogP contribution is -2.21. The van der Waals surface area contributed by atoms with Gasteiger partial charge in [0.25, 0.3) is 0 Å². The fourth-order valence-corrected chi connectivity index (χ4v) is 4.30. The summed E-state index contributed by atoms with van der Waals surface area (Å²) >= 11 is 6.28. The summed E-state index contributed by atoms with van der Waals surface area (Å²) in [5, 5.41) is 0.445. The molecular weight excluding hydrogens is 447 g/mol. The minimum Gasteiger partial charge on any atom is -0.491 e. The van der Waals surface area contributed by atoms with Crippen LogP contribution < -0.4 is 4.74 Å². The van der Waals surface area contributed by atoms with E-state index in [2.05, 4.69) is 0 Å². The van der Waals surface area contributed by atoms with E-state index in [1.165, 1.54) is 14.2 Å². The molecule has 10 heteroatoms. The van der Waals surface area contributed by atoms with Crippen LogP contribution in [0.3, 0.4) is 0 Å². The molecule has 0 saturated heterocycles. The van der Waals surface area contributed by atoms with E-state index < -0.39 is 19.7 Å². The highest BCUT2D eigenvalue weighted by Crippen LogP contribution is 2.52. The molecular formula is C21H36ClO8P. The minimum absolute atomic E-state index is 0.00529. The summed E-state index contributed by atoms with van der Waals surface area (Å²) in [6, 6.07) is 5.15. The molecule has 0 aliphatic carbocycles. The molecule has 0 fully saturated rings. The van der Waals surface area contributed by atoms with Gasteiger partial charge in [-0.15, -0.1) is 0 Å². The molecule has 180 valence electrons. The van der Waals surface area contributed by atoms with Crippen LogP contribution in [0, 0.1) is 5.92 Å². The van der Waals surface area contributed by atoms with Crippen molar-refractivity contribution in [2.45, 2.75) is 46.5 Å². The van der Waals surface area contributed by atoms with Crippen LogP contribution in [0.1, 0.15) is 46.5 Å². The van der Waals surface area contributed by atoms with Gasteiger partial charge >= 0.3 is 7.82 Å². The van der Waals surface area contributed by atoms with Crippen LogP contribution in [0.15, 0.2) is 18.2 Å². The summed E-state index contributed by atoms with van der Waals surface area (Å²) in [4.78, 5) is 0. The van der Waals surface area contributed by atoms with E-state index in [1.807, 2.05) is 13.8 Å². The first kappa shape index (κ1) is 28.3. The largest absolute Gasteiger partial charge is 0.491 e. The monoisotopic (exact) mass is 482 g/mol. The van der Waals surface area contributed by atoms with Gasteiger partial charge in [0.05, 0.1) is 30.4 Å². The average Bonchev–Trinajstić information content (AvgIpc) is 2.69. The molecule has 2 unspecified atom stereocenters. The Morgan fingerprint density at radius 1 is 1.06 bits per heavy atom. The molecule has 0 bridgehead atoms. The zero-order valence-electron chi connectivity index (χ0n) is 19.5. The molecule has 0 radical (unpaired) electrons. The highest BCUT2D eigenvalue weighted by atomic mass is 35.5. The van der Waals surface area contributed by atoms with Crippen LogP contribution in [0.4, 0.5) is 0 Å². The minimum atomic E-state index is -3.78. The third-order valence-corrected chi connectivity index (χ3v) is 5.83. The Morgan fingerprint density at radius 2 is 1.74 bits per heavy atom. The number of rotatable bonds is 15. The zero-order valence-corrected chi connectivity index (χ0v) is 21.2. The summed E-state index contributed by atoms with van der Waals surface area (Å²) in [6.45, 7) is 10.6. The van der Waals surface area contributed by atoms with E-state index in [9.17, 15) is 4.57 Å². The van der Waals surface area contributed by atoms with Crippen molar-refractivity contribution >= 4 is 19.4 Å². The van der Waals surface area contributed by atoms with Gasteiger partial charge in [0.15, 0.2) is 6.29 Å². The molecule has 8 nitrogen and oxygen atoms in total. The van der Waals surface area contributed by atoms with Gasteiger partial charge in [0, 0.05) is 32.3 Å². The van der Waals surface area contributed by atoms with E-state index in [1.54, 1.807) is 39.0 Å². The van der Waals surface area contributed by atoms with Gasteiger partial charge in [0.1, 0.15) is 12.4 Å². The normalized spacial score (nSPS) is 15.1. The third kappa shape index (κ3) is 11.1. The Balaban J connectivity index is 2.63. The Labute approximate surface area is 191 Å². The van der Waals surface area contributed by atoms with Crippen LogP contribution in [-0.2, 0) is 32.3 Å².